The maximum Gasteiger partial charge on any atom is 0.0497 e. The minimum Gasteiger partial charge on any atom is -0.271 e. The molecular formula is C12H18BrClN2. The Hall–Kier alpha value is -0.0900. The second kappa shape index (κ2) is 6.60. The Balaban J connectivity index is 2.98. The number of rotatable bonds is 5. The van der Waals surface area contributed by atoms with Gasteiger partial charge in [0.15, 0.2) is 0 Å². The zero-order chi connectivity index (χ0) is 12.1. The number of benzene rings is 1. The third kappa shape index (κ3) is 3.45. The predicted octanol–water partition coefficient (Wildman–Crippen LogP) is 4.04. The Kier molecular flexibility index (Phi) is 5.76. The maximum absolute atomic E-state index is 6.01. The molecule has 0 fully saturated rings. The molecule has 16 heavy (non-hydrogen) atoms. The fourth-order valence-electron chi connectivity index (χ4n) is 1.94. The number of hydrogen-bond acceptors (Lipinski definition) is 2. The van der Waals surface area contributed by atoms with Crippen LogP contribution in [0.5, 0.6) is 0 Å². The molecule has 0 heterocycles. The highest BCUT2D eigenvalue weighted by Gasteiger charge is 2.19. The van der Waals surface area contributed by atoms with Crippen LogP contribution >= 0.6 is 27.5 Å². The first-order valence-electron chi connectivity index (χ1n) is 5.51. The summed E-state index contributed by atoms with van der Waals surface area (Å²) in [7, 11) is 0. The van der Waals surface area contributed by atoms with Gasteiger partial charge in [0.1, 0.15) is 0 Å². The number of hydrazine groups is 1. The van der Waals surface area contributed by atoms with Crippen LogP contribution in [0.4, 0.5) is 0 Å². The van der Waals surface area contributed by atoms with Crippen molar-refractivity contribution in [3.8, 4) is 0 Å². The van der Waals surface area contributed by atoms with Gasteiger partial charge in [-0.1, -0.05) is 47.8 Å². The van der Waals surface area contributed by atoms with Crippen LogP contribution < -0.4 is 11.3 Å². The first-order chi connectivity index (χ1) is 7.60. The van der Waals surface area contributed by atoms with Gasteiger partial charge in [0.05, 0.1) is 0 Å². The van der Waals surface area contributed by atoms with Crippen molar-refractivity contribution in [2.75, 3.05) is 0 Å². The molecule has 0 bridgehead atoms. The molecule has 4 heteroatoms. The molecule has 0 saturated heterocycles. The van der Waals surface area contributed by atoms with Gasteiger partial charge in [-0.05, 0) is 36.1 Å². The predicted molar refractivity (Wildman–Crippen MR) is 73.3 cm³/mol. The molecule has 0 aliphatic heterocycles. The van der Waals surface area contributed by atoms with E-state index in [1.807, 2.05) is 18.2 Å². The Morgan fingerprint density at radius 2 is 2.19 bits per heavy atom. The van der Waals surface area contributed by atoms with E-state index in [-0.39, 0.29) is 6.04 Å². The Morgan fingerprint density at radius 1 is 1.50 bits per heavy atom. The summed E-state index contributed by atoms with van der Waals surface area (Å²) in [5.74, 6) is 6.12. The quantitative estimate of drug-likeness (QED) is 0.636. The molecule has 0 radical (unpaired) electrons. The van der Waals surface area contributed by atoms with Gasteiger partial charge in [-0.15, -0.1) is 0 Å². The van der Waals surface area contributed by atoms with Crippen LogP contribution in [0.2, 0.25) is 5.02 Å². The highest BCUT2D eigenvalue weighted by Crippen LogP contribution is 2.32. The Labute approximate surface area is 111 Å². The average molecular weight is 306 g/mol. The summed E-state index contributed by atoms with van der Waals surface area (Å²) in [4.78, 5) is 0. The topological polar surface area (TPSA) is 38.0 Å². The number of halogens is 2. The first-order valence-corrected chi connectivity index (χ1v) is 6.68. The molecular weight excluding hydrogens is 288 g/mol. The van der Waals surface area contributed by atoms with Gasteiger partial charge in [0.25, 0.3) is 0 Å². The molecule has 90 valence electrons. The third-order valence-electron chi connectivity index (χ3n) is 2.79. The lowest BCUT2D eigenvalue weighted by atomic mass is 9.91. The lowest BCUT2D eigenvalue weighted by Crippen LogP contribution is -2.32. The second-order valence-electron chi connectivity index (χ2n) is 4.08. The van der Waals surface area contributed by atoms with E-state index in [1.165, 1.54) is 0 Å². The molecule has 3 N–H and O–H groups in total. The monoisotopic (exact) mass is 304 g/mol. The fourth-order valence-corrected chi connectivity index (χ4v) is 2.61. The highest BCUT2D eigenvalue weighted by molar-refractivity contribution is 9.10. The van der Waals surface area contributed by atoms with Crippen molar-refractivity contribution in [1.82, 2.24) is 5.43 Å². The van der Waals surface area contributed by atoms with Gasteiger partial charge in [0.2, 0.25) is 0 Å². The molecule has 1 aromatic carbocycles. The molecule has 2 nitrogen and oxygen atoms in total. The average Bonchev–Trinajstić information content (AvgIpc) is 2.24. The van der Waals surface area contributed by atoms with Gasteiger partial charge >= 0.3 is 0 Å². The second-order valence-corrected chi connectivity index (χ2v) is 5.37. The van der Waals surface area contributed by atoms with Crippen LogP contribution in [0, 0.1) is 5.92 Å². The largest absolute Gasteiger partial charge is 0.271 e. The minimum absolute atomic E-state index is 0.132. The van der Waals surface area contributed by atoms with Gasteiger partial charge in [0, 0.05) is 15.5 Å². The van der Waals surface area contributed by atoms with Gasteiger partial charge in [-0.3, -0.25) is 11.3 Å². The molecule has 0 saturated carbocycles. The van der Waals surface area contributed by atoms with Crippen LogP contribution in [0.3, 0.4) is 0 Å². The first kappa shape index (κ1) is 14.0. The maximum atomic E-state index is 6.01. The van der Waals surface area contributed by atoms with Gasteiger partial charge < -0.3 is 0 Å². The molecule has 1 rings (SSSR count). The molecule has 0 spiro atoms. The minimum atomic E-state index is 0.132. The summed E-state index contributed by atoms with van der Waals surface area (Å²) in [6.45, 7) is 4.37. The van der Waals surface area contributed by atoms with Crippen molar-refractivity contribution >= 4 is 27.5 Å². The van der Waals surface area contributed by atoms with E-state index in [9.17, 15) is 0 Å². The number of hydrogen-bond donors (Lipinski definition) is 2. The number of nitrogens with two attached hydrogens (primary N) is 1. The van der Waals surface area contributed by atoms with E-state index in [0.717, 1.165) is 27.9 Å². The van der Waals surface area contributed by atoms with Gasteiger partial charge in [-0.25, -0.2) is 0 Å². The van der Waals surface area contributed by atoms with E-state index in [2.05, 4.69) is 35.2 Å². The van der Waals surface area contributed by atoms with E-state index >= 15 is 0 Å². The lowest BCUT2D eigenvalue weighted by molar-refractivity contribution is 0.367. The summed E-state index contributed by atoms with van der Waals surface area (Å²) >= 11 is 9.55. The van der Waals surface area contributed by atoms with Crippen molar-refractivity contribution in [3.05, 3.63) is 33.3 Å². The summed E-state index contributed by atoms with van der Waals surface area (Å²) in [6.07, 6.45) is 2.28. The summed E-state index contributed by atoms with van der Waals surface area (Å²) in [6, 6.07) is 5.92. The summed E-state index contributed by atoms with van der Waals surface area (Å²) in [5.41, 5.74) is 4.00. The highest BCUT2D eigenvalue weighted by atomic mass is 79.9. The van der Waals surface area contributed by atoms with Crippen LogP contribution in [-0.2, 0) is 0 Å². The molecule has 0 aromatic heterocycles. The molecule has 0 aliphatic carbocycles. The lowest BCUT2D eigenvalue weighted by Gasteiger charge is -2.24. The van der Waals surface area contributed by atoms with E-state index in [0.29, 0.717) is 5.92 Å². The van der Waals surface area contributed by atoms with Crippen LogP contribution in [0.15, 0.2) is 22.7 Å². The fraction of sp³-hybridized carbons (Fsp3) is 0.500. The molecule has 0 amide bonds. The van der Waals surface area contributed by atoms with Gasteiger partial charge in [-0.2, -0.15) is 0 Å². The zero-order valence-corrected chi connectivity index (χ0v) is 12.0. The Morgan fingerprint density at radius 3 is 2.75 bits per heavy atom. The van der Waals surface area contributed by atoms with E-state index in [1.54, 1.807) is 0 Å². The van der Waals surface area contributed by atoms with Crippen molar-refractivity contribution in [2.24, 2.45) is 11.8 Å². The molecule has 2 atom stereocenters. The van der Waals surface area contributed by atoms with Crippen molar-refractivity contribution in [2.45, 2.75) is 32.7 Å². The SMILES string of the molecule is CCCC(C)C(NN)c1cc(Cl)ccc1Br. The van der Waals surface area contributed by atoms with E-state index < -0.39 is 0 Å². The van der Waals surface area contributed by atoms with E-state index in [4.69, 9.17) is 17.4 Å². The van der Waals surface area contributed by atoms with Crippen molar-refractivity contribution in [1.29, 1.82) is 0 Å². The smallest absolute Gasteiger partial charge is 0.0497 e. The molecule has 2 unspecified atom stereocenters. The molecule has 1 aromatic rings. The Bertz CT molecular complexity index is 344. The summed E-state index contributed by atoms with van der Waals surface area (Å²) < 4.78 is 1.04. The summed E-state index contributed by atoms with van der Waals surface area (Å²) in [5, 5.41) is 0.738. The zero-order valence-electron chi connectivity index (χ0n) is 9.63. The van der Waals surface area contributed by atoms with Crippen molar-refractivity contribution < 1.29 is 0 Å². The standard InChI is InChI=1S/C12H18BrClN2/c1-3-4-8(2)12(16-15)10-7-9(14)5-6-11(10)13/h5-8,12,16H,3-4,15H2,1-2H3. The third-order valence-corrected chi connectivity index (χ3v) is 3.74. The molecule has 0 aliphatic rings. The van der Waals surface area contributed by atoms with Crippen LogP contribution in [-0.4, -0.2) is 0 Å². The number of nitrogens with one attached hydrogen (secondary N) is 1. The van der Waals surface area contributed by atoms with Crippen LogP contribution in [0.25, 0.3) is 0 Å². The normalized spacial score (nSPS) is 14.8. The van der Waals surface area contributed by atoms with Crippen LogP contribution in [0.1, 0.15) is 38.3 Å². The van der Waals surface area contributed by atoms with Crippen molar-refractivity contribution in [3.63, 3.8) is 0 Å².